The number of aliphatic hydroxyl groups excluding tert-OH is 1. The fourth-order valence-corrected chi connectivity index (χ4v) is 9.55. The highest BCUT2D eigenvalue weighted by molar-refractivity contribution is 5.76. The van der Waals surface area contributed by atoms with E-state index in [2.05, 4.69) is 26.1 Å². The van der Waals surface area contributed by atoms with Crippen LogP contribution in [-0.4, -0.2) is 52.6 Å². The Bertz CT molecular complexity index is 930. The number of carboxylic acids is 1. The molecule has 4 saturated carbocycles. The molecule has 8 nitrogen and oxygen atoms in total. The van der Waals surface area contributed by atoms with Crippen LogP contribution in [0.4, 0.5) is 4.79 Å². The summed E-state index contributed by atoms with van der Waals surface area (Å²) in [7, 11) is 0. The van der Waals surface area contributed by atoms with Crippen LogP contribution in [0.15, 0.2) is 0 Å². The van der Waals surface area contributed by atoms with Crippen LogP contribution in [-0.2, 0) is 19.1 Å². The first-order valence-corrected chi connectivity index (χ1v) is 15.2. The molecule has 1 amide bonds. The lowest BCUT2D eigenvalue weighted by Crippen LogP contribution is -2.59. The van der Waals surface area contributed by atoms with Gasteiger partial charge in [0, 0.05) is 6.42 Å². The second-order valence-electron chi connectivity index (χ2n) is 14.7. The molecule has 8 heteroatoms. The SMILES string of the molecule is C[C@H](CCC(=O)OC(C)(C)C)C1CCC2C3C(CC[C@@]21C)[C@@]1(C)CC[C@@H](OC(=O)NCC(=O)O)CC1C[C@H]3O. The maximum atomic E-state index is 12.4. The number of aliphatic hydroxyl groups is 1. The molecule has 39 heavy (non-hydrogen) atoms. The molecule has 4 fully saturated rings. The highest BCUT2D eigenvalue weighted by Crippen LogP contribution is 2.68. The third-order valence-electron chi connectivity index (χ3n) is 11.3. The van der Waals surface area contributed by atoms with Crippen LogP contribution in [0.3, 0.4) is 0 Å². The number of alkyl carbamates (subject to hydrolysis) is 1. The molecule has 0 aromatic rings. The molecule has 0 aliphatic heterocycles. The number of carbonyl (C=O) groups is 3. The van der Waals surface area contributed by atoms with Gasteiger partial charge in [-0.1, -0.05) is 20.8 Å². The van der Waals surface area contributed by atoms with Gasteiger partial charge in [-0.25, -0.2) is 4.79 Å². The predicted molar refractivity (Wildman–Crippen MR) is 147 cm³/mol. The molecular formula is C31H51NO7. The first kappa shape index (κ1) is 30.1. The maximum absolute atomic E-state index is 12.4. The van der Waals surface area contributed by atoms with Gasteiger partial charge in [-0.3, -0.25) is 9.59 Å². The number of amides is 1. The number of rotatable bonds is 7. The summed E-state index contributed by atoms with van der Waals surface area (Å²) < 4.78 is 11.1. The molecule has 0 spiro atoms. The fourth-order valence-electron chi connectivity index (χ4n) is 9.55. The van der Waals surface area contributed by atoms with E-state index in [-0.39, 0.29) is 34.9 Å². The lowest BCUT2D eigenvalue weighted by molar-refractivity contribution is -0.174. The zero-order valence-electron chi connectivity index (χ0n) is 24.8. The molecule has 4 aliphatic rings. The van der Waals surface area contributed by atoms with Gasteiger partial charge in [0.1, 0.15) is 18.2 Å². The van der Waals surface area contributed by atoms with Gasteiger partial charge in [-0.2, -0.15) is 0 Å². The summed E-state index contributed by atoms with van der Waals surface area (Å²) in [6.07, 6.45) is 7.82. The Kier molecular flexibility index (Phi) is 8.66. The predicted octanol–water partition coefficient (Wildman–Crippen LogP) is 5.55. The summed E-state index contributed by atoms with van der Waals surface area (Å²) in [5.74, 6) is 1.32. The smallest absolute Gasteiger partial charge is 0.407 e. The third kappa shape index (κ3) is 6.25. The second-order valence-corrected chi connectivity index (χ2v) is 14.7. The van der Waals surface area contributed by atoms with Gasteiger partial charge < -0.3 is 25.0 Å². The number of carboxylic acid groups (broad SMARTS) is 1. The molecule has 222 valence electrons. The number of fused-ring (bicyclic) bond motifs is 5. The van der Waals surface area contributed by atoms with Crippen LogP contribution in [0.2, 0.25) is 0 Å². The van der Waals surface area contributed by atoms with Gasteiger partial charge in [0.25, 0.3) is 0 Å². The van der Waals surface area contributed by atoms with Crippen molar-refractivity contribution in [2.24, 2.45) is 46.3 Å². The van der Waals surface area contributed by atoms with Gasteiger partial charge >= 0.3 is 18.0 Å². The number of aliphatic carboxylic acids is 1. The summed E-state index contributed by atoms with van der Waals surface area (Å²) in [5, 5.41) is 22.7. The molecule has 4 aliphatic carbocycles. The van der Waals surface area contributed by atoms with Crippen molar-refractivity contribution in [1.29, 1.82) is 0 Å². The molecule has 0 aromatic heterocycles. The van der Waals surface area contributed by atoms with Gasteiger partial charge in [-0.05, 0) is 125 Å². The van der Waals surface area contributed by atoms with Gasteiger partial charge in [0.15, 0.2) is 0 Å². The average Bonchev–Trinajstić information content (AvgIpc) is 3.18. The van der Waals surface area contributed by atoms with Crippen molar-refractivity contribution in [3.63, 3.8) is 0 Å². The number of nitrogens with one attached hydrogen (secondary N) is 1. The zero-order valence-corrected chi connectivity index (χ0v) is 24.8. The van der Waals surface area contributed by atoms with Crippen molar-refractivity contribution in [3.8, 4) is 0 Å². The normalized spacial score (nSPS) is 40.4. The molecule has 5 unspecified atom stereocenters. The van der Waals surface area contributed by atoms with Crippen molar-refractivity contribution < 1.29 is 34.1 Å². The van der Waals surface area contributed by atoms with Crippen LogP contribution < -0.4 is 5.32 Å². The number of hydrogen-bond donors (Lipinski definition) is 3. The molecule has 0 heterocycles. The third-order valence-corrected chi connectivity index (χ3v) is 11.3. The van der Waals surface area contributed by atoms with E-state index >= 15 is 0 Å². The number of ether oxygens (including phenoxy) is 2. The average molecular weight is 550 g/mol. The molecule has 0 saturated heterocycles. The summed E-state index contributed by atoms with van der Waals surface area (Å²) >= 11 is 0. The zero-order chi connectivity index (χ0) is 28.8. The minimum atomic E-state index is -1.10. The van der Waals surface area contributed by atoms with Crippen molar-refractivity contribution in [2.75, 3.05) is 6.54 Å². The quantitative estimate of drug-likeness (QED) is 0.356. The molecule has 3 N–H and O–H groups in total. The summed E-state index contributed by atoms with van der Waals surface area (Å²) in [5.41, 5.74) is -0.156. The Morgan fingerprint density at radius 3 is 2.33 bits per heavy atom. The minimum Gasteiger partial charge on any atom is -0.480 e. The van der Waals surface area contributed by atoms with Crippen molar-refractivity contribution in [3.05, 3.63) is 0 Å². The Morgan fingerprint density at radius 2 is 1.67 bits per heavy atom. The van der Waals surface area contributed by atoms with E-state index in [1.165, 1.54) is 0 Å². The molecule has 0 aromatic carbocycles. The molecule has 10 atom stereocenters. The van der Waals surface area contributed by atoms with Crippen molar-refractivity contribution in [2.45, 2.75) is 124 Å². The Labute approximate surface area is 234 Å². The first-order chi connectivity index (χ1) is 18.1. The van der Waals surface area contributed by atoms with Gasteiger partial charge in [0.2, 0.25) is 0 Å². The van der Waals surface area contributed by atoms with Crippen LogP contribution in [0, 0.1) is 46.3 Å². The van der Waals surface area contributed by atoms with E-state index in [4.69, 9.17) is 14.6 Å². The molecule has 0 bridgehead atoms. The minimum absolute atomic E-state index is 0.113. The monoisotopic (exact) mass is 549 g/mol. The van der Waals surface area contributed by atoms with E-state index < -0.39 is 24.2 Å². The summed E-state index contributed by atoms with van der Waals surface area (Å²) in [6.45, 7) is 12.4. The topological polar surface area (TPSA) is 122 Å². The van der Waals surface area contributed by atoms with Crippen LogP contribution in [0.1, 0.15) is 106 Å². The standard InChI is InChI=1S/C31H51NO7/c1-18(7-10-26(36)39-29(2,3)4)21-8-9-22-27-23(12-14-31(21,22)6)30(5)13-11-20(15-19(30)16-24(27)33)38-28(37)32-17-25(34)35/h18-24,27,33H,7-17H2,1-6H3,(H,32,37)(H,34,35)/t18-,19?,20-,21?,22?,23?,24-,27?,30+,31-/m1/s1. The second kappa shape index (κ2) is 11.2. The Balaban J connectivity index is 1.39. The van der Waals surface area contributed by atoms with Crippen LogP contribution in [0.25, 0.3) is 0 Å². The van der Waals surface area contributed by atoms with Crippen molar-refractivity contribution >= 4 is 18.0 Å². The largest absolute Gasteiger partial charge is 0.480 e. The number of esters is 1. The van der Waals surface area contributed by atoms with Crippen LogP contribution >= 0.6 is 0 Å². The van der Waals surface area contributed by atoms with Gasteiger partial charge in [0.05, 0.1) is 6.10 Å². The van der Waals surface area contributed by atoms with E-state index in [0.717, 1.165) is 57.8 Å². The highest BCUT2D eigenvalue weighted by Gasteiger charge is 2.63. The molecular weight excluding hydrogens is 498 g/mol. The first-order valence-electron chi connectivity index (χ1n) is 15.2. The highest BCUT2D eigenvalue weighted by atomic mass is 16.6. The lowest BCUT2D eigenvalue weighted by Gasteiger charge is -2.62. The maximum Gasteiger partial charge on any atom is 0.407 e. The van der Waals surface area contributed by atoms with E-state index in [9.17, 15) is 19.5 Å². The lowest BCUT2D eigenvalue weighted by atomic mass is 9.43. The summed E-state index contributed by atoms with van der Waals surface area (Å²) in [6, 6.07) is 0. The van der Waals surface area contributed by atoms with Gasteiger partial charge in [-0.15, -0.1) is 0 Å². The van der Waals surface area contributed by atoms with Crippen molar-refractivity contribution in [1.82, 2.24) is 5.32 Å². The molecule has 0 radical (unpaired) electrons. The number of carbonyl (C=O) groups excluding carboxylic acids is 2. The van der Waals surface area contributed by atoms with E-state index in [1.807, 2.05) is 20.8 Å². The van der Waals surface area contributed by atoms with Crippen LogP contribution in [0.5, 0.6) is 0 Å². The Morgan fingerprint density at radius 1 is 1.00 bits per heavy atom. The number of hydrogen-bond acceptors (Lipinski definition) is 6. The molecule has 4 rings (SSSR count). The van der Waals surface area contributed by atoms with E-state index in [0.29, 0.717) is 36.0 Å². The van der Waals surface area contributed by atoms with E-state index in [1.54, 1.807) is 0 Å². The summed E-state index contributed by atoms with van der Waals surface area (Å²) in [4.78, 5) is 35.2. The fraction of sp³-hybridized carbons (Fsp3) is 0.903. The Hall–Kier alpha value is -1.83.